The normalized spacial score (nSPS) is 12.6. The Morgan fingerprint density at radius 1 is 1.56 bits per heavy atom. The standard InChI is InChI=1S/C13H16N2O3/c1-3-4-8(2)14-13-15-10-6-5-9(12(16)17)7-11(10)18-13/h5-8H,3-4H2,1-2H3,(H,14,15)(H,16,17). The summed E-state index contributed by atoms with van der Waals surface area (Å²) in [5.74, 6) is -0.970. The molecule has 0 aliphatic heterocycles. The summed E-state index contributed by atoms with van der Waals surface area (Å²) >= 11 is 0. The van der Waals surface area contributed by atoms with Crippen LogP contribution in [0.5, 0.6) is 0 Å². The second-order valence-corrected chi connectivity index (χ2v) is 4.34. The third kappa shape index (κ3) is 2.61. The Bertz CT molecular complexity index is 562. The largest absolute Gasteiger partial charge is 0.478 e. The lowest BCUT2D eigenvalue weighted by molar-refractivity contribution is 0.0697. The van der Waals surface area contributed by atoms with E-state index in [0.717, 1.165) is 12.8 Å². The van der Waals surface area contributed by atoms with Crippen molar-refractivity contribution in [3.63, 3.8) is 0 Å². The SMILES string of the molecule is CCCC(C)Nc1nc2ccc(C(=O)O)cc2o1. The molecular weight excluding hydrogens is 232 g/mol. The summed E-state index contributed by atoms with van der Waals surface area (Å²) in [7, 11) is 0. The molecule has 0 saturated heterocycles. The number of aromatic carboxylic acids is 1. The Morgan fingerprint density at radius 3 is 3.00 bits per heavy atom. The number of benzene rings is 1. The van der Waals surface area contributed by atoms with Crippen LogP contribution in [-0.4, -0.2) is 22.1 Å². The predicted octanol–water partition coefficient (Wildman–Crippen LogP) is 3.13. The highest BCUT2D eigenvalue weighted by molar-refractivity contribution is 5.92. The van der Waals surface area contributed by atoms with Crippen molar-refractivity contribution in [2.75, 3.05) is 5.32 Å². The zero-order valence-electron chi connectivity index (χ0n) is 10.4. The summed E-state index contributed by atoms with van der Waals surface area (Å²) in [6.07, 6.45) is 2.11. The first-order valence-corrected chi connectivity index (χ1v) is 6.00. The number of aromatic nitrogens is 1. The maximum atomic E-state index is 10.8. The van der Waals surface area contributed by atoms with Crippen LogP contribution in [0, 0.1) is 0 Å². The van der Waals surface area contributed by atoms with Crippen LogP contribution in [0.1, 0.15) is 37.0 Å². The lowest BCUT2D eigenvalue weighted by Gasteiger charge is -2.09. The highest BCUT2D eigenvalue weighted by atomic mass is 16.4. The van der Waals surface area contributed by atoms with E-state index < -0.39 is 5.97 Å². The van der Waals surface area contributed by atoms with Gasteiger partial charge in [0.1, 0.15) is 5.52 Å². The second kappa shape index (κ2) is 5.08. The molecule has 0 fully saturated rings. The van der Waals surface area contributed by atoms with Crippen molar-refractivity contribution in [2.45, 2.75) is 32.7 Å². The van der Waals surface area contributed by atoms with Gasteiger partial charge in [0.15, 0.2) is 5.58 Å². The zero-order chi connectivity index (χ0) is 13.1. The molecule has 0 aliphatic carbocycles. The Kier molecular flexibility index (Phi) is 3.50. The maximum absolute atomic E-state index is 10.8. The van der Waals surface area contributed by atoms with Gasteiger partial charge in [-0.1, -0.05) is 13.3 Å². The molecule has 0 aliphatic rings. The fourth-order valence-corrected chi connectivity index (χ4v) is 1.84. The van der Waals surface area contributed by atoms with Crippen molar-refractivity contribution >= 4 is 23.1 Å². The van der Waals surface area contributed by atoms with E-state index >= 15 is 0 Å². The summed E-state index contributed by atoms with van der Waals surface area (Å²) in [4.78, 5) is 15.1. The van der Waals surface area contributed by atoms with E-state index in [4.69, 9.17) is 9.52 Å². The van der Waals surface area contributed by atoms with Gasteiger partial charge in [-0.05, 0) is 31.5 Å². The highest BCUT2D eigenvalue weighted by Gasteiger charge is 2.11. The van der Waals surface area contributed by atoms with Crippen LogP contribution in [0.3, 0.4) is 0 Å². The molecule has 96 valence electrons. The van der Waals surface area contributed by atoms with Crippen LogP contribution < -0.4 is 5.32 Å². The summed E-state index contributed by atoms with van der Waals surface area (Å²) in [5, 5.41) is 12.0. The number of rotatable bonds is 5. The average Bonchev–Trinajstić information content (AvgIpc) is 2.69. The minimum Gasteiger partial charge on any atom is -0.478 e. The van der Waals surface area contributed by atoms with Crippen LogP contribution in [0.4, 0.5) is 6.01 Å². The van der Waals surface area contributed by atoms with E-state index in [2.05, 4.69) is 24.1 Å². The van der Waals surface area contributed by atoms with Gasteiger partial charge >= 0.3 is 5.97 Å². The molecule has 1 aromatic heterocycles. The predicted molar refractivity (Wildman–Crippen MR) is 69.0 cm³/mol. The molecule has 0 amide bonds. The van der Waals surface area contributed by atoms with Crippen molar-refractivity contribution in [1.82, 2.24) is 4.98 Å². The Labute approximate surface area is 105 Å². The zero-order valence-corrected chi connectivity index (χ0v) is 10.4. The number of fused-ring (bicyclic) bond motifs is 1. The molecule has 5 nitrogen and oxygen atoms in total. The molecule has 0 saturated carbocycles. The maximum Gasteiger partial charge on any atom is 0.335 e. The topological polar surface area (TPSA) is 75.4 Å². The third-order valence-corrected chi connectivity index (χ3v) is 2.73. The first-order valence-electron chi connectivity index (χ1n) is 6.00. The molecule has 18 heavy (non-hydrogen) atoms. The van der Waals surface area contributed by atoms with Crippen molar-refractivity contribution in [1.29, 1.82) is 0 Å². The van der Waals surface area contributed by atoms with E-state index in [1.54, 1.807) is 6.07 Å². The Balaban J connectivity index is 2.24. The lowest BCUT2D eigenvalue weighted by Crippen LogP contribution is -2.14. The van der Waals surface area contributed by atoms with Crippen molar-refractivity contribution in [3.05, 3.63) is 23.8 Å². The number of carboxylic acid groups (broad SMARTS) is 1. The van der Waals surface area contributed by atoms with Gasteiger partial charge in [-0.25, -0.2) is 4.79 Å². The summed E-state index contributed by atoms with van der Waals surface area (Å²) in [6, 6.07) is 5.38. The van der Waals surface area contributed by atoms with Gasteiger partial charge < -0.3 is 14.8 Å². The first kappa shape index (κ1) is 12.4. The fourth-order valence-electron chi connectivity index (χ4n) is 1.84. The van der Waals surface area contributed by atoms with Crippen molar-refractivity contribution in [2.24, 2.45) is 0 Å². The number of carboxylic acids is 1. The molecule has 1 heterocycles. The summed E-state index contributed by atoms with van der Waals surface area (Å²) in [5.41, 5.74) is 1.35. The van der Waals surface area contributed by atoms with Gasteiger partial charge in [0.2, 0.25) is 0 Å². The molecule has 1 unspecified atom stereocenters. The number of hydrogen-bond acceptors (Lipinski definition) is 4. The molecule has 0 spiro atoms. The Morgan fingerprint density at radius 2 is 2.33 bits per heavy atom. The van der Waals surface area contributed by atoms with Crippen LogP contribution in [-0.2, 0) is 0 Å². The number of hydrogen-bond donors (Lipinski definition) is 2. The minimum absolute atomic E-state index is 0.201. The van der Waals surface area contributed by atoms with Crippen LogP contribution in [0.2, 0.25) is 0 Å². The summed E-state index contributed by atoms with van der Waals surface area (Å²) in [6.45, 7) is 4.17. The van der Waals surface area contributed by atoms with E-state index in [-0.39, 0.29) is 11.6 Å². The first-order chi connectivity index (χ1) is 8.60. The molecule has 5 heteroatoms. The highest BCUT2D eigenvalue weighted by Crippen LogP contribution is 2.21. The van der Waals surface area contributed by atoms with Gasteiger partial charge in [-0.3, -0.25) is 0 Å². The molecule has 0 bridgehead atoms. The van der Waals surface area contributed by atoms with Gasteiger partial charge in [-0.15, -0.1) is 0 Å². The van der Waals surface area contributed by atoms with E-state index in [1.165, 1.54) is 12.1 Å². The smallest absolute Gasteiger partial charge is 0.335 e. The number of anilines is 1. The molecular formula is C13H16N2O3. The number of nitrogens with zero attached hydrogens (tertiary/aromatic N) is 1. The minimum atomic E-state index is -0.970. The van der Waals surface area contributed by atoms with Crippen molar-refractivity contribution < 1.29 is 14.3 Å². The summed E-state index contributed by atoms with van der Waals surface area (Å²) < 4.78 is 5.49. The number of oxazole rings is 1. The Hall–Kier alpha value is -2.04. The van der Waals surface area contributed by atoms with Crippen molar-refractivity contribution in [3.8, 4) is 0 Å². The molecule has 1 atom stereocenters. The van der Waals surface area contributed by atoms with Crippen LogP contribution >= 0.6 is 0 Å². The van der Waals surface area contributed by atoms with Gasteiger partial charge in [0.05, 0.1) is 5.56 Å². The fraction of sp³-hybridized carbons (Fsp3) is 0.385. The van der Waals surface area contributed by atoms with Crippen LogP contribution in [0.15, 0.2) is 22.6 Å². The lowest BCUT2D eigenvalue weighted by atomic mass is 10.2. The molecule has 2 N–H and O–H groups in total. The van der Waals surface area contributed by atoms with Gasteiger partial charge in [0.25, 0.3) is 6.01 Å². The molecule has 0 radical (unpaired) electrons. The molecule has 1 aromatic carbocycles. The second-order valence-electron chi connectivity index (χ2n) is 4.34. The monoisotopic (exact) mass is 248 g/mol. The average molecular weight is 248 g/mol. The van der Waals surface area contributed by atoms with Gasteiger partial charge in [0, 0.05) is 6.04 Å². The number of carbonyl (C=O) groups is 1. The van der Waals surface area contributed by atoms with E-state index in [0.29, 0.717) is 17.1 Å². The van der Waals surface area contributed by atoms with E-state index in [1.807, 2.05) is 0 Å². The van der Waals surface area contributed by atoms with E-state index in [9.17, 15) is 4.79 Å². The quantitative estimate of drug-likeness (QED) is 0.850. The third-order valence-electron chi connectivity index (χ3n) is 2.73. The molecule has 2 rings (SSSR count). The van der Waals surface area contributed by atoms with Crippen LogP contribution in [0.25, 0.3) is 11.1 Å². The molecule has 2 aromatic rings. The van der Waals surface area contributed by atoms with Gasteiger partial charge in [-0.2, -0.15) is 4.98 Å². The number of nitrogens with one attached hydrogen (secondary N) is 1.